The summed E-state index contributed by atoms with van der Waals surface area (Å²) in [6.45, 7) is 1.60. The van der Waals surface area contributed by atoms with Crippen molar-refractivity contribution in [3.63, 3.8) is 0 Å². The Bertz CT molecular complexity index is 712. The van der Waals surface area contributed by atoms with Crippen LogP contribution in [0.1, 0.15) is 17.3 Å². The molecule has 0 saturated carbocycles. The fourth-order valence-corrected chi connectivity index (χ4v) is 2.32. The van der Waals surface area contributed by atoms with Crippen LogP contribution < -0.4 is 15.8 Å². The molecule has 23 heavy (non-hydrogen) atoms. The highest BCUT2D eigenvalue weighted by molar-refractivity contribution is 6.34. The molecule has 2 aromatic carbocycles. The molecule has 2 amide bonds. The second-order valence-corrected chi connectivity index (χ2v) is 5.67. The van der Waals surface area contributed by atoms with Crippen molar-refractivity contribution in [3.8, 4) is 5.75 Å². The van der Waals surface area contributed by atoms with Crippen molar-refractivity contribution >= 4 is 40.7 Å². The molecule has 0 aliphatic heterocycles. The van der Waals surface area contributed by atoms with Crippen molar-refractivity contribution in [3.05, 3.63) is 58.1 Å². The summed E-state index contributed by atoms with van der Waals surface area (Å²) in [7, 11) is 0. The van der Waals surface area contributed by atoms with Crippen molar-refractivity contribution in [2.45, 2.75) is 13.0 Å². The Hall–Kier alpha value is -2.24. The maximum Gasteiger partial charge on any atom is 0.265 e. The third-order valence-electron chi connectivity index (χ3n) is 2.96. The first-order valence-corrected chi connectivity index (χ1v) is 7.44. The standard InChI is InChI=1S/C16H14Cl2N2O3/c1-9(23-14-7-11(17)6-12(18)8-14)16(22)20-13-4-2-10(3-5-13)15(19)21/h2-9H,1H3,(H2,19,21)(H,20,22). The van der Waals surface area contributed by atoms with Crippen LogP contribution in [0.2, 0.25) is 10.0 Å². The summed E-state index contributed by atoms with van der Waals surface area (Å²) in [5.74, 6) is -0.487. The Labute approximate surface area is 143 Å². The van der Waals surface area contributed by atoms with Gasteiger partial charge < -0.3 is 15.8 Å². The zero-order valence-electron chi connectivity index (χ0n) is 12.2. The lowest BCUT2D eigenvalue weighted by Gasteiger charge is -2.15. The van der Waals surface area contributed by atoms with Crippen LogP contribution in [-0.2, 0) is 4.79 Å². The van der Waals surface area contributed by atoms with E-state index in [-0.39, 0.29) is 5.91 Å². The number of primary amides is 1. The van der Waals surface area contributed by atoms with Crippen molar-refractivity contribution in [2.75, 3.05) is 5.32 Å². The van der Waals surface area contributed by atoms with E-state index in [2.05, 4.69) is 5.32 Å². The molecule has 1 unspecified atom stereocenters. The van der Waals surface area contributed by atoms with E-state index in [1.807, 2.05) is 0 Å². The number of anilines is 1. The molecule has 2 rings (SSSR count). The Morgan fingerprint density at radius 2 is 1.65 bits per heavy atom. The highest BCUT2D eigenvalue weighted by atomic mass is 35.5. The molecule has 2 aromatic rings. The Kier molecular flexibility index (Phi) is 5.47. The smallest absolute Gasteiger partial charge is 0.265 e. The summed E-state index contributed by atoms with van der Waals surface area (Å²) in [5, 5.41) is 3.51. The minimum absolute atomic E-state index is 0.354. The molecule has 0 bridgehead atoms. The average molecular weight is 353 g/mol. The number of nitrogens with two attached hydrogens (primary N) is 1. The van der Waals surface area contributed by atoms with Gasteiger partial charge in [0.2, 0.25) is 5.91 Å². The van der Waals surface area contributed by atoms with Crippen LogP contribution >= 0.6 is 23.2 Å². The first-order chi connectivity index (χ1) is 10.8. The predicted molar refractivity (Wildman–Crippen MR) is 90.1 cm³/mol. The van der Waals surface area contributed by atoms with Crippen LogP contribution in [0.15, 0.2) is 42.5 Å². The van der Waals surface area contributed by atoms with Gasteiger partial charge in [-0.05, 0) is 49.4 Å². The second kappa shape index (κ2) is 7.35. The summed E-state index contributed by atoms with van der Waals surface area (Å²) in [5.41, 5.74) is 6.05. The van der Waals surface area contributed by atoms with Crippen LogP contribution in [0.3, 0.4) is 0 Å². The predicted octanol–water partition coefficient (Wildman–Crippen LogP) is 3.50. The van der Waals surface area contributed by atoms with Gasteiger partial charge in [0.15, 0.2) is 6.10 Å². The number of benzene rings is 2. The maximum atomic E-state index is 12.1. The van der Waals surface area contributed by atoms with Crippen LogP contribution in [0, 0.1) is 0 Å². The first kappa shape index (κ1) is 17.1. The number of rotatable bonds is 5. The molecule has 120 valence electrons. The first-order valence-electron chi connectivity index (χ1n) is 6.68. The molecule has 0 spiro atoms. The lowest BCUT2D eigenvalue weighted by Crippen LogP contribution is -2.30. The lowest BCUT2D eigenvalue weighted by molar-refractivity contribution is -0.122. The molecule has 0 aliphatic rings. The highest BCUT2D eigenvalue weighted by Crippen LogP contribution is 2.25. The van der Waals surface area contributed by atoms with Crippen molar-refractivity contribution in [1.82, 2.24) is 0 Å². The molecule has 0 radical (unpaired) electrons. The van der Waals surface area contributed by atoms with Gasteiger partial charge in [0, 0.05) is 21.3 Å². The Morgan fingerprint density at radius 1 is 1.09 bits per heavy atom. The summed E-state index contributed by atoms with van der Waals surface area (Å²) < 4.78 is 5.52. The van der Waals surface area contributed by atoms with Gasteiger partial charge >= 0.3 is 0 Å². The number of nitrogens with one attached hydrogen (secondary N) is 1. The van der Waals surface area contributed by atoms with Crippen LogP contribution in [0.25, 0.3) is 0 Å². The monoisotopic (exact) mass is 352 g/mol. The third kappa shape index (κ3) is 4.87. The quantitative estimate of drug-likeness (QED) is 0.863. The maximum absolute atomic E-state index is 12.1. The molecule has 0 aromatic heterocycles. The van der Waals surface area contributed by atoms with E-state index in [0.717, 1.165) is 0 Å². The third-order valence-corrected chi connectivity index (χ3v) is 3.39. The molecule has 0 saturated heterocycles. The van der Waals surface area contributed by atoms with E-state index in [9.17, 15) is 9.59 Å². The molecule has 3 N–H and O–H groups in total. The van der Waals surface area contributed by atoms with Gasteiger partial charge in [-0.3, -0.25) is 9.59 Å². The number of hydrogen-bond donors (Lipinski definition) is 2. The Balaban J connectivity index is 2.00. The van der Waals surface area contributed by atoms with E-state index >= 15 is 0 Å². The van der Waals surface area contributed by atoms with Gasteiger partial charge in [0.05, 0.1) is 0 Å². The van der Waals surface area contributed by atoms with E-state index in [1.54, 1.807) is 37.3 Å². The molecular formula is C16H14Cl2N2O3. The second-order valence-electron chi connectivity index (χ2n) is 4.80. The summed E-state index contributed by atoms with van der Waals surface area (Å²) in [4.78, 5) is 23.1. The van der Waals surface area contributed by atoms with Gasteiger partial charge in [-0.1, -0.05) is 23.2 Å². The largest absolute Gasteiger partial charge is 0.481 e. The molecule has 7 heteroatoms. The number of halogens is 2. The van der Waals surface area contributed by atoms with E-state index in [0.29, 0.717) is 27.0 Å². The number of ether oxygens (including phenoxy) is 1. The number of amides is 2. The fraction of sp³-hybridized carbons (Fsp3) is 0.125. The van der Waals surface area contributed by atoms with Crippen LogP contribution in [0.5, 0.6) is 5.75 Å². The number of carbonyl (C=O) groups is 2. The fourth-order valence-electron chi connectivity index (χ4n) is 1.82. The van der Waals surface area contributed by atoms with Gasteiger partial charge in [0.25, 0.3) is 5.91 Å². The zero-order chi connectivity index (χ0) is 17.0. The van der Waals surface area contributed by atoms with Crippen molar-refractivity contribution in [1.29, 1.82) is 0 Å². The molecule has 5 nitrogen and oxygen atoms in total. The molecule has 0 heterocycles. The van der Waals surface area contributed by atoms with Gasteiger partial charge in [-0.15, -0.1) is 0 Å². The lowest BCUT2D eigenvalue weighted by atomic mass is 10.2. The van der Waals surface area contributed by atoms with Gasteiger partial charge in [-0.2, -0.15) is 0 Å². The molecule has 0 fully saturated rings. The minimum atomic E-state index is -0.764. The summed E-state index contributed by atoms with van der Waals surface area (Å²) in [6, 6.07) is 10.9. The molecular weight excluding hydrogens is 339 g/mol. The Morgan fingerprint density at radius 3 is 2.17 bits per heavy atom. The number of hydrogen-bond acceptors (Lipinski definition) is 3. The zero-order valence-corrected chi connectivity index (χ0v) is 13.7. The minimum Gasteiger partial charge on any atom is -0.481 e. The average Bonchev–Trinajstić information content (AvgIpc) is 2.46. The molecule has 1 atom stereocenters. The normalized spacial score (nSPS) is 11.6. The van der Waals surface area contributed by atoms with Crippen LogP contribution in [-0.4, -0.2) is 17.9 Å². The summed E-state index contributed by atoms with van der Waals surface area (Å²) in [6.07, 6.45) is -0.764. The van der Waals surface area contributed by atoms with Crippen LogP contribution in [0.4, 0.5) is 5.69 Å². The van der Waals surface area contributed by atoms with E-state index in [4.69, 9.17) is 33.7 Å². The highest BCUT2D eigenvalue weighted by Gasteiger charge is 2.15. The summed E-state index contributed by atoms with van der Waals surface area (Å²) >= 11 is 11.8. The topological polar surface area (TPSA) is 81.4 Å². The van der Waals surface area contributed by atoms with Gasteiger partial charge in [0.1, 0.15) is 5.75 Å². The SMILES string of the molecule is CC(Oc1cc(Cl)cc(Cl)c1)C(=O)Nc1ccc(C(N)=O)cc1. The van der Waals surface area contributed by atoms with Crippen molar-refractivity contribution in [2.24, 2.45) is 5.73 Å². The van der Waals surface area contributed by atoms with Gasteiger partial charge in [-0.25, -0.2) is 0 Å². The van der Waals surface area contributed by atoms with Crippen molar-refractivity contribution < 1.29 is 14.3 Å². The number of carbonyl (C=O) groups excluding carboxylic acids is 2. The molecule has 0 aliphatic carbocycles. The van der Waals surface area contributed by atoms with E-state index < -0.39 is 12.0 Å². The van der Waals surface area contributed by atoms with E-state index in [1.165, 1.54) is 12.1 Å².